The zero-order valence-corrected chi connectivity index (χ0v) is 6.09. The van der Waals surface area contributed by atoms with Crippen LogP contribution in [0.25, 0.3) is 0 Å². The molecule has 0 aliphatic rings. The molecule has 9 heavy (non-hydrogen) atoms. The molecule has 0 heterocycles. The first kappa shape index (κ1) is 8.44. The summed E-state index contributed by atoms with van der Waals surface area (Å²) in [7, 11) is 0. The second-order valence-corrected chi connectivity index (χ2v) is 1.86. The lowest BCUT2D eigenvalue weighted by atomic mass is 10.2. The maximum atomic E-state index is 8.65. The van der Waals surface area contributed by atoms with Crippen LogP contribution < -0.4 is 0 Å². The summed E-state index contributed by atoms with van der Waals surface area (Å²) in [4.78, 5) is 0. The number of hydrogen-bond donors (Lipinski definition) is 1. The first-order chi connectivity index (χ1) is 4.35. The number of allylic oxidation sites excluding steroid dienone is 3. The van der Waals surface area contributed by atoms with Crippen LogP contribution in [0, 0.1) is 0 Å². The predicted molar refractivity (Wildman–Crippen MR) is 40.3 cm³/mol. The molecule has 0 amide bonds. The smallest absolute Gasteiger partial charge is 0.0644 e. The van der Waals surface area contributed by atoms with Crippen molar-refractivity contribution < 1.29 is 5.11 Å². The average molecular weight is 126 g/mol. The Morgan fingerprint density at radius 2 is 2.22 bits per heavy atom. The van der Waals surface area contributed by atoms with E-state index in [2.05, 4.69) is 0 Å². The lowest BCUT2D eigenvalue weighted by Crippen LogP contribution is -1.85. The van der Waals surface area contributed by atoms with Gasteiger partial charge in [0.05, 0.1) is 6.61 Å². The molecule has 0 radical (unpaired) electrons. The molecule has 0 bridgehead atoms. The van der Waals surface area contributed by atoms with Crippen molar-refractivity contribution in [2.45, 2.75) is 20.3 Å². The van der Waals surface area contributed by atoms with Crippen LogP contribution in [-0.4, -0.2) is 11.7 Å². The first-order valence-corrected chi connectivity index (χ1v) is 3.26. The molecule has 1 heteroatoms. The van der Waals surface area contributed by atoms with Gasteiger partial charge in [0.15, 0.2) is 0 Å². The Kier molecular flexibility index (Phi) is 5.23. The van der Waals surface area contributed by atoms with Crippen molar-refractivity contribution in [1.29, 1.82) is 0 Å². The largest absolute Gasteiger partial charge is 0.392 e. The topological polar surface area (TPSA) is 20.2 Å². The van der Waals surface area contributed by atoms with Gasteiger partial charge in [0.2, 0.25) is 0 Å². The Bertz CT molecular complexity index is 106. The van der Waals surface area contributed by atoms with E-state index in [-0.39, 0.29) is 6.61 Å². The summed E-state index contributed by atoms with van der Waals surface area (Å²) in [6.45, 7) is 4.17. The fraction of sp³-hybridized carbons (Fsp3) is 0.500. The van der Waals surface area contributed by atoms with Gasteiger partial charge in [-0.05, 0) is 18.9 Å². The maximum absolute atomic E-state index is 8.65. The van der Waals surface area contributed by atoms with Crippen LogP contribution in [0.15, 0.2) is 23.8 Å². The molecule has 1 nitrogen and oxygen atoms in total. The van der Waals surface area contributed by atoms with Gasteiger partial charge in [-0.25, -0.2) is 0 Å². The van der Waals surface area contributed by atoms with E-state index in [0.717, 1.165) is 12.0 Å². The molecular weight excluding hydrogens is 112 g/mol. The molecule has 0 aromatic carbocycles. The highest BCUT2D eigenvalue weighted by molar-refractivity contribution is 5.11. The maximum Gasteiger partial charge on any atom is 0.0644 e. The third-order valence-electron chi connectivity index (χ3n) is 1.18. The Labute approximate surface area is 56.7 Å². The van der Waals surface area contributed by atoms with Crippen LogP contribution in [0.1, 0.15) is 20.3 Å². The van der Waals surface area contributed by atoms with Crippen LogP contribution in [0.4, 0.5) is 0 Å². The van der Waals surface area contributed by atoms with Gasteiger partial charge >= 0.3 is 0 Å². The van der Waals surface area contributed by atoms with Gasteiger partial charge in [-0.2, -0.15) is 0 Å². The van der Waals surface area contributed by atoms with Gasteiger partial charge in [0.1, 0.15) is 0 Å². The van der Waals surface area contributed by atoms with Gasteiger partial charge in [-0.15, -0.1) is 0 Å². The van der Waals surface area contributed by atoms with Gasteiger partial charge in [0.25, 0.3) is 0 Å². The van der Waals surface area contributed by atoms with E-state index in [0.29, 0.717) is 0 Å². The normalized spacial score (nSPS) is 13.0. The number of rotatable bonds is 3. The fourth-order valence-electron chi connectivity index (χ4n) is 0.515. The third kappa shape index (κ3) is 3.98. The Morgan fingerprint density at radius 3 is 2.56 bits per heavy atom. The van der Waals surface area contributed by atoms with Crippen molar-refractivity contribution in [2.24, 2.45) is 0 Å². The highest BCUT2D eigenvalue weighted by Gasteiger charge is 1.85. The molecule has 52 valence electrons. The summed E-state index contributed by atoms with van der Waals surface area (Å²) < 4.78 is 0. The molecule has 0 aromatic heterocycles. The minimum Gasteiger partial charge on any atom is -0.392 e. The molecule has 0 saturated carbocycles. The molecule has 0 aromatic rings. The molecular formula is C8H14O. The second kappa shape index (κ2) is 5.57. The summed E-state index contributed by atoms with van der Waals surface area (Å²) in [5.41, 5.74) is 1.08. The van der Waals surface area contributed by atoms with E-state index in [1.165, 1.54) is 0 Å². The highest BCUT2D eigenvalue weighted by atomic mass is 16.3. The summed E-state index contributed by atoms with van der Waals surface area (Å²) in [6.07, 6.45) is 6.77. The highest BCUT2D eigenvalue weighted by Crippen LogP contribution is 1.97. The molecule has 0 unspecified atom stereocenters. The van der Waals surface area contributed by atoms with Crippen LogP contribution in [0.3, 0.4) is 0 Å². The van der Waals surface area contributed by atoms with Crippen LogP contribution in [0.5, 0.6) is 0 Å². The first-order valence-electron chi connectivity index (χ1n) is 3.26. The molecule has 0 spiro atoms. The minimum atomic E-state index is 0.181. The number of aliphatic hydroxyl groups is 1. The lowest BCUT2D eigenvalue weighted by molar-refractivity contribution is 0.328. The molecule has 0 saturated heterocycles. The molecule has 0 fully saturated rings. The Hall–Kier alpha value is -0.560. The van der Waals surface area contributed by atoms with E-state index in [1.54, 1.807) is 0 Å². The van der Waals surface area contributed by atoms with E-state index < -0.39 is 0 Å². The van der Waals surface area contributed by atoms with Crippen molar-refractivity contribution in [1.82, 2.24) is 0 Å². The van der Waals surface area contributed by atoms with Crippen molar-refractivity contribution in [2.75, 3.05) is 6.61 Å². The van der Waals surface area contributed by atoms with E-state index in [4.69, 9.17) is 5.11 Å². The van der Waals surface area contributed by atoms with Gasteiger partial charge in [-0.3, -0.25) is 0 Å². The summed E-state index contributed by atoms with van der Waals surface area (Å²) >= 11 is 0. The van der Waals surface area contributed by atoms with Crippen LogP contribution in [-0.2, 0) is 0 Å². The molecule has 0 aliphatic carbocycles. The molecule has 0 atom stereocenters. The van der Waals surface area contributed by atoms with Gasteiger partial charge < -0.3 is 5.11 Å². The zero-order valence-electron chi connectivity index (χ0n) is 6.09. The zero-order chi connectivity index (χ0) is 7.11. The Morgan fingerprint density at radius 1 is 1.56 bits per heavy atom. The van der Waals surface area contributed by atoms with Crippen molar-refractivity contribution >= 4 is 0 Å². The Balaban J connectivity index is 3.75. The van der Waals surface area contributed by atoms with Gasteiger partial charge in [-0.1, -0.05) is 25.2 Å². The van der Waals surface area contributed by atoms with E-state index in [1.807, 2.05) is 32.1 Å². The third-order valence-corrected chi connectivity index (χ3v) is 1.18. The fourth-order valence-corrected chi connectivity index (χ4v) is 0.515. The molecule has 0 rings (SSSR count). The standard InChI is InChI=1S/C8H14O/c1-3-5-6-8(4-2)7-9/h3,5-6,9H,4,7H2,1-2H3/b5-3?,8-6+. The van der Waals surface area contributed by atoms with E-state index in [9.17, 15) is 0 Å². The summed E-state index contributed by atoms with van der Waals surface area (Å²) in [5.74, 6) is 0. The monoisotopic (exact) mass is 126 g/mol. The molecule has 0 aliphatic heterocycles. The SMILES string of the molecule is CC=C/C=C(\CC)CO. The van der Waals surface area contributed by atoms with Gasteiger partial charge in [0, 0.05) is 0 Å². The quantitative estimate of drug-likeness (QED) is 0.572. The average Bonchev–Trinajstić information content (AvgIpc) is 1.91. The second-order valence-electron chi connectivity index (χ2n) is 1.86. The van der Waals surface area contributed by atoms with E-state index >= 15 is 0 Å². The lowest BCUT2D eigenvalue weighted by Gasteiger charge is -1.93. The number of hydrogen-bond acceptors (Lipinski definition) is 1. The number of aliphatic hydroxyl groups excluding tert-OH is 1. The van der Waals surface area contributed by atoms with Crippen molar-refractivity contribution in [3.05, 3.63) is 23.8 Å². The summed E-state index contributed by atoms with van der Waals surface area (Å²) in [6, 6.07) is 0. The van der Waals surface area contributed by atoms with Crippen LogP contribution >= 0.6 is 0 Å². The predicted octanol–water partition coefficient (Wildman–Crippen LogP) is 1.89. The molecule has 1 N–H and O–H groups in total. The minimum absolute atomic E-state index is 0.181. The van der Waals surface area contributed by atoms with Crippen LogP contribution in [0.2, 0.25) is 0 Å². The van der Waals surface area contributed by atoms with Crippen molar-refractivity contribution in [3.63, 3.8) is 0 Å². The summed E-state index contributed by atoms with van der Waals surface area (Å²) in [5, 5.41) is 8.65. The van der Waals surface area contributed by atoms with Crippen molar-refractivity contribution in [3.8, 4) is 0 Å².